The molecular weight excluding hydrogens is 381 g/mol. The van der Waals surface area contributed by atoms with E-state index >= 15 is 0 Å². The number of rotatable bonds is 4. The van der Waals surface area contributed by atoms with Gasteiger partial charge in [-0.15, -0.1) is 0 Å². The molecule has 1 amide bonds. The molecule has 114 valence electrons. The van der Waals surface area contributed by atoms with Crippen LogP contribution in [0, 0.1) is 3.57 Å². The van der Waals surface area contributed by atoms with Gasteiger partial charge in [-0.3, -0.25) is 9.59 Å². The van der Waals surface area contributed by atoms with Crippen molar-refractivity contribution in [3.05, 3.63) is 33.4 Å². The molecule has 4 nitrogen and oxygen atoms in total. The Morgan fingerprint density at radius 2 is 1.76 bits per heavy atom. The van der Waals surface area contributed by atoms with Gasteiger partial charge in [-0.2, -0.15) is 0 Å². The summed E-state index contributed by atoms with van der Waals surface area (Å²) in [6.07, 6.45) is 4.65. The summed E-state index contributed by atoms with van der Waals surface area (Å²) in [7, 11) is 1.74. The lowest BCUT2D eigenvalue weighted by Crippen LogP contribution is -2.52. The van der Waals surface area contributed by atoms with Gasteiger partial charge in [-0.05, 0) is 59.7 Å². The molecule has 1 N–H and O–H groups in total. The first-order chi connectivity index (χ1) is 9.94. The predicted octanol–water partition coefficient (Wildman–Crippen LogP) is 3.54. The van der Waals surface area contributed by atoms with Crippen molar-refractivity contribution in [2.45, 2.75) is 44.1 Å². The molecule has 1 fully saturated rings. The number of carboxylic acids is 1. The normalized spacial score (nSPS) is 17.2. The smallest absolute Gasteiger partial charge is 0.305 e. The van der Waals surface area contributed by atoms with Crippen LogP contribution < -0.4 is 0 Å². The molecule has 0 saturated heterocycles. The summed E-state index contributed by atoms with van der Waals surface area (Å²) >= 11 is 2.20. The lowest BCUT2D eigenvalue weighted by atomic mass is 9.78. The van der Waals surface area contributed by atoms with Crippen molar-refractivity contribution < 1.29 is 14.7 Å². The summed E-state index contributed by atoms with van der Waals surface area (Å²) in [5, 5.41) is 9.23. The third kappa shape index (κ3) is 3.75. The molecule has 0 spiro atoms. The van der Waals surface area contributed by atoms with Gasteiger partial charge >= 0.3 is 5.97 Å². The molecule has 21 heavy (non-hydrogen) atoms. The number of hydrogen-bond donors (Lipinski definition) is 1. The fraction of sp³-hybridized carbons (Fsp3) is 0.500. The maximum Gasteiger partial charge on any atom is 0.305 e. The van der Waals surface area contributed by atoms with Crippen LogP contribution in [-0.4, -0.2) is 34.5 Å². The molecule has 5 heteroatoms. The van der Waals surface area contributed by atoms with Gasteiger partial charge in [-0.1, -0.05) is 19.3 Å². The Morgan fingerprint density at radius 3 is 2.29 bits per heavy atom. The van der Waals surface area contributed by atoms with Crippen LogP contribution in [0.3, 0.4) is 0 Å². The summed E-state index contributed by atoms with van der Waals surface area (Å²) in [5.74, 6) is -0.922. The first kappa shape index (κ1) is 16.3. The van der Waals surface area contributed by atoms with E-state index in [-0.39, 0.29) is 12.3 Å². The highest BCUT2D eigenvalue weighted by Crippen LogP contribution is 2.36. The molecule has 0 heterocycles. The van der Waals surface area contributed by atoms with Crippen molar-refractivity contribution in [1.29, 1.82) is 0 Å². The van der Waals surface area contributed by atoms with Gasteiger partial charge in [0.15, 0.2) is 0 Å². The molecule has 1 aliphatic carbocycles. The van der Waals surface area contributed by atoms with Crippen LogP contribution in [0.5, 0.6) is 0 Å². The maximum absolute atomic E-state index is 12.7. The third-order valence-corrected chi connectivity index (χ3v) is 5.09. The first-order valence-corrected chi connectivity index (χ1v) is 8.28. The quantitative estimate of drug-likeness (QED) is 0.786. The fourth-order valence-electron chi connectivity index (χ4n) is 3.12. The van der Waals surface area contributed by atoms with Crippen LogP contribution in [0.25, 0.3) is 0 Å². The van der Waals surface area contributed by atoms with Gasteiger partial charge in [0.1, 0.15) is 0 Å². The Bertz CT molecular complexity index is 521. The van der Waals surface area contributed by atoms with Crippen LogP contribution in [0.2, 0.25) is 0 Å². The molecular formula is C16H20INO3. The van der Waals surface area contributed by atoms with Gasteiger partial charge in [0.25, 0.3) is 5.91 Å². The zero-order valence-corrected chi connectivity index (χ0v) is 14.3. The lowest BCUT2D eigenvalue weighted by Gasteiger charge is -2.44. The number of benzene rings is 1. The lowest BCUT2D eigenvalue weighted by molar-refractivity contribution is -0.140. The summed E-state index contributed by atoms with van der Waals surface area (Å²) in [6, 6.07) is 7.40. The van der Waals surface area contributed by atoms with E-state index in [0.29, 0.717) is 5.56 Å². The van der Waals surface area contributed by atoms with Gasteiger partial charge in [0.2, 0.25) is 0 Å². The minimum atomic E-state index is -0.834. The van der Waals surface area contributed by atoms with Crippen molar-refractivity contribution in [2.24, 2.45) is 0 Å². The number of aliphatic carboxylic acids is 1. The van der Waals surface area contributed by atoms with Crippen molar-refractivity contribution in [1.82, 2.24) is 4.90 Å². The van der Waals surface area contributed by atoms with Crippen LogP contribution in [0.4, 0.5) is 0 Å². The minimum absolute atomic E-state index is 0.0274. The molecule has 1 saturated carbocycles. The van der Waals surface area contributed by atoms with E-state index in [0.717, 1.165) is 35.7 Å². The summed E-state index contributed by atoms with van der Waals surface area (Å²) in [5.41, 5.74) is 0.0812. The third-order valence-electron chi connectivity index (χ3n) is 4.37. The minimum Gasteiger partial charge on any atom is -0.481 e. The van der Waals surface area contributed by atoms with E-state index in [4.69, 9.17) is 0 Å². The van der Waals surface area contributed by atoms with Gasteiger partial charge < -0.3 is 10.0 Å². The highest BCUT2D eigenvalue weighted by Gasteiger charge is 2.40. The van der Waals surface area contributed by atoms with E-state index in [9.17, 15) is 14.7 Å². The second-order valence-corrected chi connectivity index (χ2v) is 6.97. The van der Waals surface area contributed by atoms with Gasteiger partial charge in [0.05, 0.1) is 12.0 Å². The second kappa shape index (κ2) is 6.77. The van der Waals surface area contributed by atoms with E-state index in [2.05, 4.69) is 22.6 Å². The second-order valence-electron chi connectivity index (χ2n) is 5.73. The number of carbonyl (C=O) groups is 2. The molecule has 0 radical (unpaired) electrons. The van der Waals surface area contributed by atoms with Crippen molar-refractivity contribution in [2.75, 3.05) is 7.05 Å². The van der Waals surface area contributed by atoms with E-state index in [1.165, 1.54) is 0 Å². The average Bonchev–Trinajstić information content (AvgIpc) is 2.47. The monoisotopic (exact) mass is 401 g/mol. The molecule has 1 aromatic carbocycles. The maximum atomic E-state index is 12.7. The molecule has 0 bridgehead atoms. The number of hydrogen-bond acceptors (Lipinski definition) is 2. The van der Waals surface area contributed by atoms with Crippen molar-refractivity contribution in [3.63, 3.8) is 0 Å². The Kier molecular flexibility index (Phi) is 5.24. The fourth-order valence-corrected chi connectivity index (χ4v) is 3.48. The Balaban J connectivity index is 2.24. The molecule has 1 aliphatic rings. The summed E-state index contributed by atoms with van der Waals surface area (Å²) in [6.45, 7) is 0. The van der Waals surface area contributed by atoms with Crippen LogP contribution in [0.1, 0.15) is 48.9 Å². The van der Waals surface area contributed by atoms with E-state index < -0.39 is 11.5 Å². The van der Waals surface area contributed by atoms with Gasteiger partial charge in [0, 0.05) is 16.2 Å². The molecule has 0 aromatic heterocycles. The number of nitrogens with zero attached hydrogens (tertiary/aromatic N) is 1. The standard InChI is InChI=1S/C16H20INO3/c1-18(15(21)12-5-7-13(17)8-6-12)16(11-14(19)20)9-3-2-4-10-16/h5-8H,2-4,9-11H2,1H3,(H,19,20). The highest BCUT2D eigenvalue weighted by molar-refractivity contribution is 14.1. The van der Waals surface area contributed by atoms with E-state index in [1.54, 1.807) is 24.1 Å². The Morgan fingerprint density at radius 1 is 1.19 bits per heavy atom. The highest BCUT2D eigenvalue weighted by atomic mass is 127. The molecule has 0 atom stereocenters. The molecule has 0 aliphatic heterocycles. The SMILES string of the molecule is CN(C(=O)c1ccc(I)cc1)C1(CC(=O)O)CCCCC1. The first-order valence-electron chi connectivity index (χ1n) is 7.20. The largest absolute Gasteiger partial charge is 0.481 e. The number of amides is 1. The Hall–Kier alpha value is -1.11. The van der Waals surface area contributed by atoms with E-state index in [1.807, 2.05) is 12.1 Å². The zero-order valence-electron chi connectivity index (χ0n) is 12.1. The van der Waals surface area contributed by atoms with Crippen LogP contribution >= 0.6 is 22.6 Å². The molecule has 1 aromatic rings. The molecule has 2 rings (SSSR count). The van der Waals surface area contributed by atoms with Crippen molar-refractivity contribution >= 4 is 34.5 Å². The van der Waals surface area contributed by atoms with Crippen molar-refractivity contribution in [3.8, 4) is 0 Å². The van der Waals surface area contributed by atoms with Gasteiger partial charge in [-0.25, -0.2) is 0 Å². The Labute approximate surface area is 138 Å². The summed E-state index contributed by atoms with van der Waals surface area (Å²) < 4.78 is 1.07. The van der Waals surface area contributed by atoms with Crippen LogP contribution in [0.15, 0.2) is 24.3 Å². The number of carbonyl (C=O) groups excluding carboxylic acids is 1. The topological polar surface area (TPSA) is 57.6 Å². The number of halogens is 1. The average molecular weight is 401 g/mol. The zero-order chi connectivity index (χ0) is 15.5. The predicted molar refractivity (Wildman–Crippen MR) is 89.3 cm³/mol. The number of carboxylic acid groups (broad SMARTS) is 1. The van der Waals surface area contributed by atoms with Crippen LogP contribution in [-0.2, 0) is 4.79 Å². The molecule has 0 unspecified atom stereocenters. The summed E-state index contributed by atoms with van der Waals surface area (Å²) in [4.78, 5) is 25.6.